The van der Waals surface area contributed by atoms with Gasteiger partial charge >= 0.3 is 5.97 Å². The fourth-order valence-electron chi connectivity index (χ4n) is 2.38. The van der Waals surface area contributed by atoms with Crippen molar-refractivity contribution >= 4 is 28.3 Å². The smallest absolute Gasteiger partial charge is 0.337 e. The quantitative estimate of drug-likeness (QED) is 0.642. The number of rotatable bonds is 2. The lowest BCUT2D eigenvalue weighted by molar-refractivity contribution is 0.0601. The number of fused-ring (bicyclic) bond motifs is 1. The van der Waals surface area contributed by atoms with E-state index in [1.165, 1.54) is 43.5 Å². The Balaban J connectivity index is 2.37. The highest BCUT2D eigenvalue weighted by Crippen LogP contribution is 2.35. The molecule has 3 nitrogen and oxygen atoms in total. The van der Waals surface area contributed by atoms with Crippen LogP contribution in [-0.2, 0) is 4.74 Å². The number of pyridine rings is 1. The number of nitrogens with zero attached hydrogens (tertiary/aromatic N) is 1. The molecule has 23 heavy (non-hydrogen) atoms. The molecule has 1 heterocycles. The molecular weight excluding hydrogens is 324 g/mol. The Kier molecular flexibility index (Phi) is 3.96. The van der Waals surface area contributed by atoms with Gasteiger partial charge < -0.3 is 4.74 Å². The Morgan fingerprint density at radius 2 is 1.91 bits per heavy atom. The van der Waals surface area contributed by atoms with E-state index in [2.05, 4.69) is 9.72 Å². The summed E-state index contributed by atoms with van der Waals surface area (Å²) in [6.07, 6.45) is 0.998. The number of halogens is 3. The summed E-state index contributed by atoms with van der Waals surface area (Å²) in [7, 11) is 1.24. The van der Waals surface area contributed by atoms with Crippen molar-refractivity contribution in [3.63, 3.8) is 0 Å². The van der Waals surface area contributed by atoms with Gasteiger partial charge in [-0.3, -0.25) is 4.98 Å². The van der Waals surface area contributed by atoms with E-state index < -0.39 is 17.6 Å². The number of esters is 1. The number of hydrogen-bond donors (Lipinski definition) is 0. The predicted molar refractivity (Wildman–Crippen MR) is 83.4 cm³/mol. The average Bonchev–Trinajstić information content (AvgIpc) is 2.55. The third-order valence-electron chi connectivity index (χ3n) is 3.46. The minimum Gasteiger partial charge on any atom is -0.465 e. The second kappa shape index (κ2) is 5.93. The van der Waals surface area contributed by atoms with Gasteiger partial charge in [0.15, 0.2) is 0 Å². The highest BCUT2D eigenvalue weighted by Gasteiger charge is 2.17. The van der Waals surface area contributed by atoms with Gasteiger partial charge in [-0.25, -0.2) is 13.6 Å². The van der Waals surface area contributed by atoms with E-state index >= 15 is 0 Å². The topological polar surface area (TPSA) is 39.2 Å². The Labute approximate surface area is 135 Å². The van der Waals surface area contributed by atoms with Gasteiger partial charge in [-0.1, -0.05) is 23.7 Å². The zero-order valence-corrected chi connectivity index (χ0v) is 12.7. The lowest BCUT2D eigenvalue weighted by atomic mass is 10.0. The summed E-state index contributed by atoms with van der Waals surface area (Å²) in [5.74, 6) is -1.74. The number of hydrogen-bond acceptors (Lipinski definition) is 3. The van der Waals surface area contributed by atoms with E-state index in [0.717, 1.165) is 6.20 Å². The molecule has 0 spiro atoms. The van der Waals surface area contributed by atoms with Crippen molar-refractivity contribution in [2.45, 2.75) is 0 Å². The van der Waals surface area contributed by atoms with E-state index in [1.807, 2.05) is 0 Å². The predicted octanol–water partition coefficient (Wildman–Crippen LogP) is 4.62. The number of carbonyl (C=O) groups excluding carboxylic acids is 1. The molecule has 0 amide bonds. The molecule has 0 bridgehead atoms. The van der Waals surface area contributed by atoms with Crippen molar-refractivity contribution in [2.75, 3.05) is 7.11 Å². The van der Waals surface area contributed by atoms with Crippen LogP contribution in [0.15, 0.2) is 42.6 Å². The second-order valence-corrected chi connectivity index (χ2v) is 5.21. The van der Waals surface area contributed by atoms with E-state index in [4.69, 9.17) is 11.6 Å². The van der Waals surface area contributed by atoms with Crippen LogP contribution < -0.4 is 0 Å². The van der Waals surface area contributed by atoms with Crippen LogP contribution in [0.3, 0.4) is 0 Å². The minimum absolute atomic E-state index is 0.0567. The number of benzene rings is 2. The molecule has 0 atom stereocenters. The molecule has 0 aliphatic rings. The monoisotopic (exact) mass is 333 g/mol. The van der Waals surface area contributed by atoms with Crippen LogP contribution in [0.25, 0.3) is 22.0 Å². The van der Waals surface area contributed by atoms with Gasteiger partial charge in [0.05, 0.1) is 35.2 Å². The van der Waals surface area contributed by atoms with Crippen molar-refractivity contribution in [3.8, 4) is 11.3 Å². The van der Waals surface area contributed by atoms with Crippen molar-refractivity contribution < 1.29 is 18.3 Å². The maximum Gasteiger partial charge on any atom is 0.337 e. The fraction of sp³-hybridized carbons (Fsp3) is 0.0588. The molecule has 2 aromatic carbocycles. The largest absolute Gasteiger partial charge is 0.465 e. The molecule has 0 aliphatic heterocycles. The molecule has 3 rings (SSSR count). The lowest BCUT2D eigenvalue weighted by Gasteiger charge is -2.10. The van der Waals surface area contributed by atoms with Gasteiger partial charge in [0, 0.05) is 10.8 Å². The van der Waals surface area contributed by atoms with E-state index in [0.29, 0.717) is 0 Å². The Hall–Kier alpha value is -2.53. The number of methoxy groups -OCH3 is 1. The van der Waals surface area contributed by atoms with Crippen molar-refractivity contribution in [3.05, 3.63) is 64.8 Å². The Bertz CT molecular complexity index is 908. The third-order valence-corrected chi connectivity index (χ3v) is 3.77. The molecule has 0 aliphatic carbocycles. The first-order valence-corrected chi connectivity index (χ1v) is 7.01. The molecule has 3 aromatic rings. The van der Waals surface area contributed by atoms with Crippen LogP contribution in [0.5, 0.6) is 0 Å². The maximum atomic E-state index is 14.2. The van der Waals surface area contributed by atoms with Gasteiger partial charge in [0.1, 0.15) is 11.6 Å². The minimum atomic E-state index is -0.582. The van der Waals surface area contributed by atoms with E-state index in [1.54, 1.807) is 0 Å². The SMILES string of the molecule is COC(=O)c1ccc2c(F)cnc(-c3c(F)cccc3Cl)c2c1. The summed E-state index contributed by atoms with van der Waals surface area (Å²) in [5, 5.41) is 0.635. The van der Waals surface area contributed by atoms with Gasteiger partial charge in [-0.2, -0.15) is 0 Å². The number of carbonyl (C=O) groups is 1. The molecule has 0 fully saturated rings. The maximum absolute atomic E-state index is 14.2. The summed E-state index contributed by atoms with van der Waals surface area (Å²) < 4.78 is 32.8. The van der Waals surface area contributed by atoms with Crippen LogP contribution in [0.2, 0.25) is 5.02 Å². The highest BCUT2D eigenvalue weighted by molar-refractivity contribution is 6.33. The van der Waals surface area contributed by atoms with Gasteiger partial charge in [-0.05, 0) is 24.3 Å². The van der Waals surface area contributed by atoms with Crippen molar-refractivity contribution in [2.24, 2.45) is 0 Å². The van der Waals surface area contributed by atoms with Crippen LogP contribution in [0, 0.1) is 11.6 Å². The van der Waals surface area contributed by atoms with Crippen molar-refractivity contribution in [1.29, 1.82) is 0 Å². The van der Waals surface area contributed by atoms with Crippen LogP contribution in [-0.4, -0.2) is 18.1 Å². The van der Waals surface area contributed by atoms with Gasteiger partial charge in [-0.15, -0.1) is 0 Å². The standard InChI is InChI=1S/C17H10ClF2NO2/c1-23-17(22)9-5-6-10-11(7-9)16(21-8-14(10)20)15-12(18)3-2-4-13(15)19/h2-8H,1H3. The molecule has 1 aromatic heterocycles. The van der Waals surface area contributed by atoms with Gasteiger partial charge in [0.2, 0.25) is 0 Å². The second-order valence-electron chi connectivity index (χ2n) is 4.80. The normalized spacial score (nSPS) is 10.8. The zero-order chi connectivity index (χ0) is 16.6. The molecule has 0 saturated carbocycles. The van der Waals surface area contributed by atoms with Crippen LogP contribution in [0.1, 0.15) is 10.4 Å². The molecule has 6 heteroatoms. The van der Waals surface area contributed by atoms with E-state index in [-0.39, 0.29) is 32.6 Å². The molecule has 116 valence electrons. The molecule has 0 saturated heterocycles. The third kappa shape index (κ3) is 2.64. The fourth-order valence-corrected chi connectivity index (χ4v) is 2.63. The zero-order valence-electron chi connectivity index (χ0n) is 11.9. The van der Waals surface area contributed by atoms with E-state index in [9.17, 15) is 13.6 Å². The average molecular weight is 334 g/mol. The molecule has 0 N–H and O–H groups in total. The summed E-state index contributed by atoms with van der Waals surface area (Å²) in [6.45, 7) is 0. The first kappa shape index (κ1) is 15.4. The van der Waals surface area contributed by atoms with Gasteiger partial charge in [0.25, 0.3) is 0 Å². The van der Waals surface area contributed by atoms with Crippen LogP contribution >= 0.6 is 11.6 Å². The molecule has 0 unspecified atom stereocenters. The number of aromatic nitrogens is 1. The summed E-state index contributed by atoms with van der Waals surface area (Å²) in [5.41, 5.74) is 0.428. The summed E-state index contributed by atoms with van der Waals surface area (Å²) in [4.78, 5) is 15.7. The Morgan fingerprint density at radius 3 is 2.61 bits per heavy atom. The highest BCUT2D eigenvalue weighted by atomic mass is 35.5. The first-order valence-electron chi connectivity index (χ1n) is 6.64. The summed E-state index contributed by atoms with van der Waals surface area (Å²) >= 11 is 6.07. The van der Waals surface area contributed by atoms with Crippen molar-refractivity contribution in [1.82, 2.24) is 4.98 Å². The first-order chi connectivity index (χ1) is 11.0. The summed E-state index contributed by atoms with van der Waals surface area (Å²) in [6, 6.07) is 8.49. The molecular formula is C17H10ClF2NO2. The number of ether oxygens (including phenoxy) is 1. The lowest BCUT2D eigenvalue weighted by Crippen LogP contribution is -2.02. The molecule has 0 radical (unpaired) electrons. The van der Waals surface area contributed by atoms with Crippen LogP contribution in [0.4, 0.5) is 8.78 Å². The Morgan fingerprint density at radius 1 is 1.13 bits per heavy atom.